The summed E-state index contributed by atoms with van der Waals surface area (Å²) in [6.07, 6.45) is 1.51. The summed E-state index contributed by atoms with van der Waals surface area (Å²) in [5, 5.41) is 6.02. The first kappa shape index (κ1) is 7.94. The summed E-state index contributed by atoms with van der Waals surface area (Å²) in [5.41, 5.74) is 2.25. The second-order valence-electron chi connectivity index (χ2n) is 1.36. The van der Waals surface area contributed by atoms with Crippen molar-refractivity contribution in [1.82, 2.24) is 10.7 Å². The molecule has 0 aromatic carbocycles. The molecule has 0 unspecified atom stereocenters. The average molecular weight is 129 g/mol. The minimum Gasteiger partial charge on any atom is -0.337 e. The van der Waals surface area contributed by atoms with Crippen LogP contribution in [0, 0.1) is 0 Å². The molecule has 2 N–H and O–H groups in total. The SMILES string of the molecule is C/C=N/NC(=O)NCC. The van der Waals surface area contributed by atoms with E-state index in [4.69, 9.17) is 0 Å². The molecular weight excluding hydrogens is 118 g/mol. The second kappa shape index (κ2) is 5.08. The largest absolute Gasteiger partial charge is 0.337 e. The fourth-order valence-electron chi connectivity index (χ4n) is 0.323. The predicted molar refractivity (Wildman–Crippen MR) is 36.4 cm³/mol. The first-order valence-corrected chi connectivity index (χ1v) is 2.82. The summed E-state index contributed by atoms with van der Waals surface area (Å²) in [6.45, 7) is 4.19. The van der Waals surface area contributed by atoms with Gasteiger partial charge in [-0.2, -0.15) is 5.10 Å². The predicted octanol–water partition coefficient (Wildman–Crippen LogP) is 0.311. The van der Waals surface area contributed by atoms with E-state index < -0.39 is 0 Å². The first-order chi connectivity index (χ1) is 4.31. The molecule has 9 heavy (non-hydrogen) atoms. The fraction of sp³-hybridized carbons (Fsp3) is 0.600. The Labute approximate surface area is 54.3 Å². The maximum atomic E-state index is 10.5. The molecule has 0 saturated carbocycles. The molecule has 0 aliphatic heterocycles. The molecule has 0 bridgehead atoms. The highest BCUT2D eigenvalue weighted by atomic mass is 16.2. The van der Waals surface area contributed by atoms with Gasteiger partial charge in [0.2, 0.25) is 0 Å². The Morgan fingerprint density at radius 2 is 2.44 bits per heavy atom. The van der Waals surface area contributed by atoms with E-state index in [-0.39, 0.29) is 6.03 Å². The zero-order valence-electron chi connectivity index (χ0n) is 5.64. The molecule has 0 saturated heterocycles. The van der Waals surface area contributed by atoms with Gasteiger partial charge in [-0.3, -0.25) is 0 Å². The van der Waals surface area contributed by atoms with E-state index in [9.17, 15) is 4.79 Å². The van der Waals surface area contributed by atoms with E-state index >= 15 is 0 Å². The first-order valence-electron chi connectivity index (χ1n) is 2.82. The molecule has 0 aromatic rings. The van der Waals surface area contributed by atoms with Gasteiger partial charge in [0.05, 0.1) is 0 Å². The van der Waals surface area contributed by atoms with Crippen molar-refractivity contribution < 1.29 is 4.79 Å². The number of carbonyl (C=O) groups is 1. The van der Waals surface area contributed by atoms with Gasteiger partial charge in [-0.1, -0.05) is 0 Å². The summed E-state index contributed by atoms with van der Waals surface area (Å²) in [5.74, 6) is 0. The number of nitrogens with zero attached hydrogens (tertiary/aromatic N) is 1. The Morgan fingerprint density at radius 3 is 2.89 bits per heavy atom. The Kier molecular flexibility index (Phi) is 4.49. The highest BCUT2D eigenvalue weighted by Crippen LogP contribution is 1.62. The van der Waals surface area contributed by atoms with Crippen molar-refractivity contribution in [2.45, 2.75) is 13.8 Å². The van der Waals surface area contributed by atoms with Crippen LogP contribution < -0.4 is 10.7 Å². The van der Waals surface area contributed by atoms with Crippen molar-refractivity contribution in [3.05, 3.63) is 0 Å². The van der Waals surface area contributed by atoms with E-state index in [2.05, 4.69) is 15.8 Å². The van der Waals surface area contributed by atoms with E-state index in [1.165, 1.54) is 6.21 Å². The maximum absolute atomic E-state index is 10.5. The smallest absolute Gasteiger partial charge is 0.335 e. The average Bonchev–Trinajstić information content (AvgIpc) is 1.85. The van der Waals surface area contributed by atoms with Gasteiger partial charge in [-0.05, 0) is 13.8 Å². The molecular formula is C5H11N3O. The lowest BCUT2D eigenvalue weighted by Gasteiger charge is -1.97. The van der Waals surface area contributed by atoms with Crippen LogP contribution in [0.4, 0.5) is 4.79 Å². The van der Waals surface area contributed by atoms with Crippen LogP contribution >= 0.6 is 0 Å². The standard InChI is InChI=1S/C5H11N3O/c1-3-6-5(9)8-7-4-2/h4H,3H2,1-2H3,(H2,6,8,9)/b7-4+. The van der Waals surface area contributed by atoms with Gasteiger partial charge >= 0.3 is 6.03 Å². The third-order valence-corrected chi connectivity index (χ3v) is 0.633. The van der Waals surface area contributed by atoms with Crippen molar-refractivity contribution >= 4 is 12.2 Å². The Bertz CT molecular complexity index is 111. The lowest BCUT2D eigenvalue weighted by atomic mass is 10.7. The summed E-state index contributed by atoms with van der Waals surface area (Å²) < 4.78 is 0. The molecule has 0 aliphatic carbocycles. The van der Waals surface area contributed by atoms with Crippen molar-refractivity contribution in [3.63, 3.8) is 0 Å². The maximum Gasteiger partial charge on any atom is 0.335 e. The normalized spacial score (nSPS) is 9.56. The molecule has 4 nitrogen and oxygen atoms in total. The fourth-order valence-corrected chi connectivity index (χ4v) is 0.323. The van der Waals surface area contributed by atoms with Gasteiger partial charge < -0.3 is 5.32 Å². The molecule has 0 fully saturated rings. The van der Waals surface area contributed by atoms with Crippen LogP contribution in [0.25, 0.3) is 0 Å². The number of hydrazone groups is 1. The lowest BCUT2D eigenvalue weighted by Crippen LogP contribution is -2.31. The van der Waals surface area contributed by atoms with Crippen LogP contribution in [0.1, 0.15) is 13.8 Å². The number of rotatable bonds is 2. The number of hydrogen-bond acceptors (Lipinski definition) is 2. The number of hydrogen-bond donors (Lipinski definition) is 2. The topological polar surface area (TPSA) is 53.5 Å². The van der Waals surface area contributed by atoms with Crippen molar-refractivity contribution in [1.29, 1.82) is 0 Å². The monoisotopic (exact) mass is 129 g/mol. The quantitative estimate of drug-likeness (QED) is 0.409. The molecule has 2 amide bonds. The highest BCUT2D eigenvalue weighted by Gasteiger charge is 1.89. The summed E-state index contributed by atoms with van der Waals surface area (Å²) in [6, 6.07) is -0.268. The minimum atomic E-state index is -0.268. The Hall–Kier alpha value is -1.06. The van der Waals surface area contributed by atoms with E-state index in [1.807, 2.05) is 6.92 Å². The third-order valence-electron chi connectivity index (χ3n) is 0.633. The summed E-state index contributed by atoms with van der Waals surface area (Å²) >= 11 is 0. The van der Waals surface area contributed by atoms with Gasteiger partial charge in [0.1, 0.15) is 0 Å². The van der Waals surface area contributed by atoms with Gasteiger partial charge in [0, 0.05) is 12.8 Å². The number of amides is 2. The van der Waals surface area contributed by atoms with Crippen LogP contribution in [-0.2, 0) is 0 Å². The third kappa shape index (κ3) is 4.80. The molecule has 0 spiro atoms. The zero-order chi connectivity index (χ0) is 7.11. The van der Waals surface area contributed by atoms with Crippen molar-refractivity contribution in [2.75, 3.05) is 6.54 Å². The van der Waals surface area contributed by atoms with E-state index in [1.54, 1.807) is 6.92 Å². The number of carbonyl (C=O) groups excluding carboxylic acids is 1. The van der Waals surface area contributed by atoms with Crippen molar-refractivity contribution in [3.8, 4) is 0 Å². The second-order valence-corrected chi connectivity index (χ2v) is 1.36. The van der Waals surface area contributed by atoms with Crippen LogP contribution in [0.5, 0.6) is 0 Å². The lowest BCUT2D eigenvalue weighted by molar-refractivity contribution is 0.242. The molecule has 0 radical (unpaired) electrons. The Balaban J connectivity index is 3.27. The number of nitrogens with one attached hydrogen (secondary N) is 2. The van der Waals surface area contributed by atoms with Crippen LogP contribution in [0.2, 0.25) is 0 Å². The van der Waals surface area contributed by atoms with Gasteiger partial charge in [0.25, 0.3) is 0 Å². The molecule has 0 atom stereocenters. The minimum absolute atomic E-state index is 0.268. The Morgan fingerprint density at radius 1 is 1.78 bits per heavy atom. The van der Waals surface area contributed by atoms with Crippen molar-refractivity contribution in [2.24, 2.45) is 5.10 Å². The zero-order valence-corrected chi connectivity index (χ0v) is 5.64. The van der Waals surface area contributed by atoms with Crippen LogP contribution in [-0.4, -0.2) is 18.8 Å². The number of urea groups is 1. The molecule has 0 heterocycles. The highest BCUT2D eigenvalue weighted by molar-refractivity contribution is 5.74. The van der Waals surface area contributed by atoms with E-state index in [0.29, 0.717) is 6.54 Å². The molecule has 0 aliphatic rings. The van der Waals surface area contributed by atoms with Crippen LogP contribution in [0.3, 0.4) is 0 Å². The summed E-state index contributed by atoms with van der Waals surface area (Å²) in [7, 11) is 0. The van der Waals surface area contributed by atoms with Gasteiger partial charge in [-0.25, -0.2) is 10.2 Å². The molecule has 52 valence electrons. The van der Waals surface area contributed by atoms with E-state index in [0.717, 1.165) is 0 Å². The van der Waals surface area contributed by atoms with Gasteiger partial charge in [-0.15, -0.1) is 0 Å². The van der Waals surface area contributed by atoms with Gasteiger partial charge in [0.15, 0.2) is 0 Å². The summed E-state index contributed by atoms with van der Waals surface area (Å²) in [4.78, 5) is 10.5. The molecule has 0 aromatic heterocycles. The van der Waals surface area contributed by atoms with Crippen LogP contribution in [0.15, 0.2) is 5.10 Å². The molecule has 4 heteroatoms. The molecule has 0 rings (SSSR count).